The maximum absolute atomic E-state index is 5.25. The molecule has 0 aliphatic carbocycles. The van der Waals surface area contributed by atoms with Gasteiger partial charge in [0.25, 0.3) is 0 Å². The van der Waals surface area contributed by atoms with Crippen LogP contribution in [0.4, 0.5) is 0 Å². The molecule has 0 bridgehead atoms. The van der Waals surface area contributed by atoms with Crippen molar-refractivity contribution in [2.45, 2.75) is 0 Å². The van der Waals surface area contributed by atoms with Crippen LogP contribution >= 0.6 is 0 Å². The zero-order valence-electron chi connectivity index (χ0n) is 30.2. The van der Waals surface area contributed by atoms with Gasteiger partial charge >= 0.3 is 0 Å². The summed E-state index contributed by atoms with van der Waals surface area (Å²) in [5.74, 6) is 1.76. The molecular formula is C50H32N6. The number of fused-ring (bicyclic) bond motifs is 7. The molecule has 7 aromatic carbocycles. The molecule has 0 amide bonds. The molecule has 4 aromatic heterocycles. The van der Waals surface area contributed by atoms with Crippen molar-refractivity contribution in [2.75, 3.05) is 0 Å². The highest BCUT2D eigenvalue weighted by Gasteiger charge is 2.23. The minimum Gasteiger partial charge on any atom is -0.309 e. The summed E-state index contributed by atoms with van der Waals surface area (Å²) in [6, 6.07) is 67.2. The van der Waals surface area contributed by atoms with Gasteiger partial charge in [0.15, 0.2) is 11.6 Å². The standard InChI is InChI=1S/C50H32N6/c1-4-15-33(16-5-1)41-23-14-24-42(51-41)34-27-29-36(30-28-34)49-52-48(35-17-6-2-7-18-35)53-50(54-49)56-44-26-13-11-22-40(44)46-45(56)32-31-39-38-21-10-12-25-43(38)55(47(39)46)37-19-8-3-9-20-37/h1-32H. The largest absolute Gasteiger partial charge is 0.309 e. The van der Waals surface area contributed by atoms with E-state index in [9.17, 15) is 0 Å². The van der Waals surface area contributed by atoms with Crippen LogP contribution in [-0.4, -0.2) is 29.1 Å². The Hall–Kier alpha value is -7.70. The Kier molecular flexibility index (Phi) is 7.38. The molecule has 6 heteroatoms. The van der Waals surface area contributed by atoms with Crippen LogP contribution in [0.3, 0.4) is 0 Å². The molecule has 4 heterocycles. The summed E-state index contributed by atoms with van der Waals surface area (Å²) in [5, 5.41) is 4.69. The Morgan fingerprint density at radius 3 is 1.50 bits per heavy atom. The molecule has 11 rings (SSSR count). The molecule has 262 valence electrons. The Bertz CT molecular complexity index is 3220. The van der Waals surface area contributed by atoms with Gasteiger partial charge in [0.1, 0.15) is 0 Å². The van der Waals surface area contributed by atoms with Crippen molar-refractivity contribution in [3.63, 3.8) is 0 Å². The van der Waals surface area contributed by atoms with Crippen molar-refractivity contribution in [1.82, 2.24) is 29.1 Å². The first kappa shape index (κ1) is 31.8. The van der Waals surface area contributed by atoms with Gasteiger partial charge < -0.3 is 4.57 Å². The van der Waals surface area contributed by atoms with E-state index in [-0.39, 0.29) is 0 Å². The first-order valence-electron chi connectivity index (χ1n) is 18.7. The molecule has 0 saturated carbocycles. The van der Waals surface area contributed by atoms with E-state index < -0.39 is 0 Å². The topological polar surface area (TPSA) is 61.4 Å². The smallest absolute Gasteiger partial charge is 0.238 e. The third kappa shape index (κ3) is 5.19. The average molecular weight is 717 g/mol. The molecule has 0 aliphatic rings. The third-order valence-corrected chi connectivity index (χ3v) is 10.6. The van der Waals surface area contributed by atoms with Crippen LogP contribution in [-0.2, 0) is 0 Å². The predicted octanol–water partition coefficient (Wildman–Crippen LogP) is 12.1. The first-order chi connectivity index (χ1) is 27.8. The summed E-state index contributed by atoms with van der Waals surface area (Å²) in [7, 11) is 0. The van der Waals surface area contributed by atoms with E-state index in [1.807, 2.05) is 60.7 Å². The van der Waals surface area contributed by atoms with Gasteiger partial charge in [0.2, 0.25) is 5.95 Å². The van der Waals surface area contributed by atoms with Crippen molar-refractivity contribution in [2.24, 2.45) is 0 Å². The lowest BCUT2D eigenvalue weighted by Gasteiger charge is -2.12. The van der Waals surface area contributed by atoms with Crippen LogP contribution in [0.25, 0.3) is 101 Å². The number of rotatable bonds is 6. The lowest BCUT2D eigenvalue weighted by Crippen LogP contribution is -2.06. The second-order valence-corrected chi connectivity index (χ2v) is 13.9. The summed E-state index contributed by atoms with van der Waals surface area (Å²) in [4.78, 5) is 20.5. The van der Waals surface area contributed by atoms with Gasteiger partial charge in [0.05, 0.1) is 33.5 Å². The van der Waals surface area contributed by atoms with E-state index in [1.165, 1.54) is 10.8 Å². The quantitative estimate of drug-likeness (QED) is 0.172. The van der Waals surface area contributed by atoms with Crippen LogP contribution in [0, 0.1) is 0 Å². The van der Waals surface area contributed by atoms with Crippen LogP contribution < -0.4 is 0 Å². The Labute approximate surface area is 322 Å². The van der Waals surface area contributed by atoms with Crippen molar-refractivity contribution in [1.29, 1.82) is 0 Å². The molecule has 0 spiro atoms. The molecule has 0 aliphatic heterocycles. The number of hydrogen-bond acceptors (Lipinski definition) is 4. The number of nitrogens with zero attached hydrogens (tertiary/aromatic N) is 6. The third-order valence-electron chi connectivity index (χ3n) is 10.6. The maximum Gasteiger partial charge on any atom is 0.238 e. The van der Waals surface area contributed by atoms with Crippen LogP contribution in [0.5, 0.6) is 0 Å². The van der Waals surface area contributed by atoms with Crippen LogP contribution in [0.1, 0.15) is 0 Å². The van der Waals surface area contributed by atoms with Gasteiger partial charge in [-0.25, -0.2) is 9.97 Å². The Morgan fingerprint density at radius 1 is 0.304 bits per heavy atom. The van der Waals surface area contributed by atoms with Gasteiger partial charge in [-0.3, -0.25) is 4.57 Å². The lowest BCUT2D eigenvalue weighted by atomic mass is 10.1. The maximum atomic E-state index is 5.25. The molecule has 56 heavy (non-hydrogen) atoms. The second kappa shape index (κ2) is 13.0. The molecule has 0 fully saturated rings. The summed E-state index contributed by atoms with van der Waals surface area (Å²) < 4.78 is 4.59. The summed E-state index contributed by atoms with van der Waals surface area (Å²) in [6.07, 6.45) is 0. The monoisotopic (exact) mass is 716 g/mol. The van der Waals surface area contributed by atoms with Crippen molar-refractivity contribution in [3.8, 4) is 56.9 Å². The molecule has 0 atom stereocenters. The molecule has 6 nitrogen and oxygen atoms in total. The Morgan fingerprint density at radius 2 is 0.821 bits per heavy atom. The molecule has 0 unspecified atom stereocenters. The van der Waals surface area contributed by atoms with E-state index >= 15 is 0 Å². The summed E-state index contributed by atoms with van der Waals surface area (Å²) >= 11 is 0. The van der Waals surface area contributed by atoms with Gasteiger partial charge in [-0.15, -0.1) is 0 Å². The number of pyridine rings is 1. The van der Waals surface area contributed by atoms with E-state index in [0.717, 1.165) is 72.2 Å². The van der Waals surface area contributed by atoms with E-state index in [0.29, 0.717) is 17.6 Å². The second-order valence-electron chi connectivity index (χ2n) is 13.9. The van der Waals surface area contributed by atoms with Gasteiger partial charge in [-0.1, -0.05) is 152 Å². The van der Waals surface area contributed by atoms with Crippen molar-refractivity contribution in [3.05, 3.63) is 194 Å². The fraction of sp³-hybridized carbons (Fsp3) is 0. The normalized spacial score (nSPS) is 11.6. The van der Waals surface area contributed by atoms with Gasteiger partial charge in [-0.05, 0) is 42.5 Å². The number of benzene rings is 7. The lowest BCUT2D eigenvalue weighted by molar-refractivity contribution is 0.953. The highest BCUT2D eigenvalue weighted by Crippen LogP contribution is 2.42. The fourth-order valence-corrected chi connectivity index (χ4v) is 8.03. The number of hydrogen-bond donors (Lipinski definition) is 0. The van der Waals surface area contributed by atoms with Crippen LogP contribution in [0.2, 0.25) is 0 Å². The van der Waals surface area contributed by atoms with E-state index in [1.54, 1.807) is 0 Å². The summed E-state index contributed by atoms with van der Waals surface area (Å²) in [5.41, 5.74) is 11.2. The Balaban J connectivity index is 1.12. The van der Waals surface area contributed by atoms with Crippen molar-refractivity contribution >= 4 is 43.6 Å². The van der Waals surface area contributed by atoms with E-state index in [4.69, 9.17) is 19.9 Å². The predicted molar refractivity (Wildman–Crippen MR) is 228 cm³/mol. The zero-order valence-corrected chi connectivity index (χ0v) is 30.2. The average Bonchev–Trinajstić information content (AvgIpc) is 3.80. The highest BCUT2D eigenvalue weighted by molar-refractivity contribution is 6.26. The molecule has 0 N–H and O–H groups in total. The molecule has 0 radical (unpaired) electrons. The van der Waals surface area contributed by atoms with E-state index in [2.05, 4.69) is 143 Å². The van der Waals surface area contributed by atoms with Gasteiger partial charge in [-0.2, -0.15) is 9.97 Å². The fourth-order valence-electron chi connectivity index (χ4n) is 8.03. The molecular weight excluding hydrogens is 685 g/mol. The first-order valence-corrected chi connectivity index (χ1v) is 18.7. The van der Waals surface area contributed by atoms with Crippen LogP contribution in [0.15, 0.2) is 194 Å². The zero-order chi connectivity index (χ0) is 37.0. The number of aromatic nitrogens is 6. The number of para-hydroxylation sites is 3. The summed E-state index contributed by atoms with van der Waals surface area (Å²) in [6.45, 7) is 0. The molecule has 11 aromatic rings. The minimum absolute atomic E-state index is 0.558. The minimum atomic E-state index is 0.558. The molecule has 0 saturated heterocycles. The van der Waals surface area contributed by atoms with Crippen molar-refractivity contribution < 1.29 is 0 Å². The van der Waals surface area contributed by atoms with Gasteiger partial charge in [0, 0.05) is 49.5 Å². The highest BCUT2D eigenvalue weighted by atomic mass is 15.2. The SMILES string of the molecule is c1ccc(-c2cccc(-c3ccc(-c4nc(-c5ccccc5)nc(-n5c6ccccc6c6c5ccc5c7ccccc7n(-c7ccccc7)c56)n4)cc3)n2)cc1.